The van der Waals surface area contributed by atoms with Gasteiger partial charge in [-0.15, -0.1) is 0 Å². The maximum absolute atomic E-state index is 12.9. The van der Waals surface area contributed by atoms with Crippen LogP contribution in [-0.2, 0) is 4.79 Å². The summed E-state index contributed by atoms with van der Waals surface area (Å²) < 4.78 is 0. The van der Waals surface area contributed by atoms with Crippen LogP contribution in [0.3, 0.4) is 0 Å². The maximum atomic E-state index is 12.9. The summed E-state index contributed by atoms with van der Waals surface area (Å²) in [5, 5.41) is 6.26. The van der Waals surface area contributed by atoms with Gasteiger partial charge in [0.15, 0.2) is 0 Å². The molecule has 2 N–H and O–H groups in total. The molecule has 2 aromatic carbocycles. The molecule has 0 unspecified atom stereocenters. The Labute approximate surface area is 176 Å². The molecule has 2 aliphatic rings. The van der Waals surface area contributed by atoms with Gasteiger partial charge in [-0.3, -0.25) is 14.5 Å². The normalized spacial score (nSPS) is 23.6. The van der Waals surface area contributed by atoms with Crippen molar-refractivity contribution in [2.45, 2.75) is 31.3 Å². The number of nitrogens with one attached hydrogen (secondary N) is 2. The number of fused-ring (bicyclic) bond motifs is 1. The molecule has 29 heavy (non-hydrogen) atoms. The highest BCUT2D eigenvalue weighted by Crippen LogP contribution is 2.44. The minimum Gasteiger partial charge on any atom is -0.354 e. The van der Waals surface area contributed by atoms with Gasteiger partial charge in [0, 0.05) is 25.2 Å². The molecule has 0 bridgehead atoms. The van der Waals surface area contributed by atoms with Gasteiger partial charge in [-0.1, -0.05) is 54.1 Å². The van der Waals surface area contributed by atoms with Gasteiger partial charge < -0.3 is 10.6 Å². The summed E-state index contributed by atoms with van der Waals surface area (Å²) in [4.78, 5) is 27.6. The molecule has 0 aromatic heterocycles. The molecule has 2 saturated heterocycles. The summed E-state index contributed by atoms with van der Waals surface area (Å²) in [5.74, 6) is -0.133. The molecule has 0 spiro atoms. The van der Waals surface area contributed by atoms with Crippen LogP contribution in [0, 0.1) is 5.92 Å². The lowest BCUT2D eigenvalue weighted by atomic mass is 9.93. The van der Waals surface area contributed by atoms with Crippen molar-refractivity contribution in [2.75, 3.05) is 19.6 Å². The molecular formula is C23H26ClN3O2. The van der Waals surface area contributed by atoms with Gasteiger partial charge in [0.05, 0.1) is 16.5 Å². The van der Waals surface area contributed by atoms with Gasteiger partial charge in [0.1, 0.15) is 0 Å². The topological polar surface area (TPSA) is 61.4 Å². The highest BCUT2D eigenvalue weighted by Gasteiger charge is 2.46. The Morgan fingerprint density at radius 2 is 1.72 bits per heavy atom. The Kier molecular flexibility index (Phi) is 6.16. The number of rotatable bonds is 6. The van der Waals surface area contributed by atoms with Crippen LogP contribution in [0.15, 0.2) is 54.6 Å². The van der Waals surface area contributed by atoms with Crippen LogP contribution in [0.2, 0.25) is 5.02 Å². The van der Waals surface area contributed by atoms with E-state index in [0.717, 1.165) is 25.8 Å². The lowest BCUT2D eigenvalue weighted by Gasteiger charge is -2.24. The monoisotopic (exact) mass is 411 g/mol. The predicted octanol–water partition coefficient (Wildman–Crippen LogP) is 3.41. The van der Waals surface area contributed by atoms with Crippen molar-refractivity contribution in [3.63, 3.8) is 0 Å². The quantitative estimate of drug-likeness (QED) is 0.716. The number of amides is 2. The van der Waals surface area contributed by atoms with E-state index in [0.29, 0.717) is 35.8 Å². The van der Waals surface area contributed by atoms with E-state index in [9.17, 15) is 9.59 Å². The van der Waals surface area contributed by atoms with Crippen LogP contribution in [0.5, 0.6) is 0 Å². The van der Waals surface area contributed by atoms with Crippen molar-refractivity contribution >= 4 is 23.4 Å². The van der Waals surface area contributed by atoms with E-state index in [1.807, 2.05) is 6.07 Å². The molecule has 0 aliphatic carbocycles. The SMILES string of the molecule is O=C(NCCNC(=O)[C@H]1C[C@@H](c2ccccc2)N2CCC[C@H]12)c1ccccc1Cl. The number of halogens is 1. The summed E-state index contributed by atoms with van der Waals surface area (Å²) >= 11 is 6.05. The Morgan fingerprint density at radius 1 is 1.00 bits per heavy atom. The first kappa shape index (κ1) is 19.9. The molecular weight excluding hydrogens is 386 g/mol. The molecule has 2 fully saturated rings. The fourth-order valence-corrected chi connectivity index (χ4v) is 4.91. The Morgan fingerprint density at radius 3 is 2.52 bits per heavy atom. The molecule has 2 aliphatic heterocycles. The van der Waals surface area contributed by atoms with Crippen LogP contribution in [-0.4, -0.2) is 42.4 Å². The summed E-state index contributed by atoms with van der Waals surface area (Å²) in [6.07, 6.45) is 3.07. The number of carbonyl (C=O) groups is 2. The van der Waals surface area contributed by atoms with Gasteiger partial charge in [0.2, 0.25) is 5.91 Å². The molecule has 4 rings (SSSR count). The summed E-state index contributed by atoms with van der Waals surface area (Å²) in [6, 6.07) is 18.1. The minimum absolute atomic E-state index is 0.00183. The van der Waals surface area contributed by atoms with Crippen molar-refractivity contribution in [3.8, 4) is 0 Å². The molecule has 3 atom stereocenters. The van der Waals surface area contributed by atoms with Crippen molar-refractivity contribution in [1.29, 1.82) is 0 Å². The van der Waals surface area contributed by atoms with E-state index >= 15 is 0 Å². The molecule has 2 aromatic rings. The molecule has 152 valence electrons. The van der Waals surface area contributed by atoms with E-state index in [-0.39, 0.29) is 17.7 Å². The van der Waals surface area contributed by atoms with Gasteiger partial charge in [-0.2, -0.15) is 0 Å². The maximum Gasteiger partial charge on any atom is 0.252 e. The van der Waals surface area contributed by atoms with Crippen LogP contribution in [0.25, 0.3) is 0 Å². The zero-order valence-corrected chi connectivity index (χ0v) is 17.1. The third kappa shape index (κ3) is 4.31. The van der Waals surface area contributed by atoms with Crippen molar-refractivity contribution in [1.82, 2.24) is 15.5 Å². The average molecular weight is 412 g/mol. The number of carbonyl (C=O) groups excluding carboxylic acids is 2. The number of benzene rings is 2. The standard InChI is InChI=1S/C23H26ClN3O2/c24-19-10-5-4-9-17(19)22(28)25-12-13-26-23(29)18-15-21(16-7-2-1-3-8-16)27-14-6-11-20(18)27/h1-5,7-10,18,20-21H,6,11-15H2,(H,25,28)(H,26,29)/t18-,20+,21-/m0/s1. The van der Waals surface area contributed by atoms with Crippen LogP contribution in [0.4, 0.5) is 0 Å². The average Bonchev–Trinajstić information content (AvgIpc) is 3.34. The first-order valence-corrected chi connectivity index (χ1v) is 10.6. The van der Waals surface area contributed by atoms with Gasteiger partial charge in [0.25, 0.3) is 5.91 Å². The summed E-state index contributed by atoms with van der Waals surface area (Å²) in [5.41, 5.74) is 1.74. The number of nitrogens with zero attached hydrogens (tertiary/aromatic N) is 1. The predicted molar refractivity (Wildman–Crippen MR) is 114 cm³/mol. The second-order valence-electron chi connectivity index (χ2n) is 7.74. The van der Waals surface area contributed by atoms with E-state index in [1.54, 1.807) is 24.3 Å². The van der Waals surface area contributed by atoms with Crippen LogP contribution < -0.4 is 10.6 Å². The smallest absolute Gasteiger partial charge is 0.252 e. The Bertz CT molecular complexity index is 873. The van der Waals surface area contributed by atoms with Crippen molar-refractivity contribution in [2.24, 2.45) is 5.92 Å². The van der Waals surface area contributed by atoms with E-state index in [4.69, 9.17) is 11.6 Å². The number of hydrogen-bond donors (Lipinski definition) is 2. The highest BCUT2D eigenvalue weighted by atomic mass is 35.5. The summed E-state index contributed by atoms with van der Waals surface area (Å²) in [7, 11) is 0. The lowest BCUT2D eigenvalue weighted by molar-refractivity contribution is -0.125. The zero-order valence-electron chi connectivity index (χ0n) is 16.3. The third-order valence-electron chi connectivity index (χ3n) is 6.03. The Balaban J connectivity index is 1.30. The fourth-order valence-electron chi connectivity index (χ4n) is 4.68. The van der Waals surface area contributed by atoms with E-state index in [2.05, 4.69) is 39.8 Å². The largest absolute Gasteiger partial charge is 0.354 e. The second kappa shape index (κ2) is 8.97. The molecule has 2 heterocycles. The van der Waals surface area contributed by atoms with Crippen LogP contribution >= 0.6 is 11.6 Å². The fraction of sp³-hybridized carbons (Fsp3) is 0.391. The van der Waals surface area contributed by atoms with E-state index < -0.39 is 0 Å². The van der Waals surface area contributed by atoms with Gasteiger partial charge in [-0.25, -0.2) is 0 Å². The highest BCUT2D eigenvalue weighted by molar-refractivity contribution is 6.33. The zero-order chi connectivity index (χ0) is 20.2. The Hall–Kier alpha value is -2.37. The number of hydrogen-bond acceptors (Lipinski definition) is 3. The molecule has 6 heteroatoms. The first-order chi connectivity index (χ1) is 14.1. The van der Waals surface area contributed by atoms with Crippen LogP contribution in [0.1, 0.15) is 41.2 Å². The summed E-state index contributed by atoms with van der Waals surface area (Å²) in [6.45, 7) is 1.84. The van der Waals surface area contributed by atoms with Crippen molar-refractivity contribution < 1.29 is 9.59 Å². The minimum atomic E-state index is -0.225. The molecule has 2 amide bonds. The van der Waals surface area contributed by atoms with E-state index in [1.165, 1.54) is 5.56 Å². The van der Waals surface area contributed by atoms with Crippen molar-refractivity contribution in [3.05, 3.63) is 70.7 Å². The molecule has 0 radical (unpaired) electrons. The first-order valence-electron chi connectivity index (χ1n) is 10.3. The molecule has 5 nitrogen and oxygen atoms in total. The second-order valence-corrected chi connectivity index (χ2v) is 8.15. The third-order valence-corrected chi connectivity index (χ3v) is 6.36. The van der Waals surface area contributed by atoms with Gasteiger partial charge >= 0.3 is 0 Å². The van der Waals surface area contributed by atoms with Gasteiger partial charge in [-0.05, 0) is 43.5 Å². The lowest BCUT2D eigenvalue weighted by Crippen LogP contribution is -2.40. The molecule has 0 saturated carbocycles.